The second kappa shape index (κ2) is 6.25. The monoisotopic (exact) mass is 303 g/mol. The van der Waals surface area contributed by atoms with Crippen molar-refractivity contribution in [2.75, 3.05) is 13.7 Å². The van der Waals surface area contributed by atoms with Crippen molar-refractivity contribution >= 4 is 11.9 Å². The summed E-state index contributed by atoms with van der Waals surface area (Å²) in [4.78, 5) is 25.6. The summed E-state index contributed by atoms with van der Waals surface area (Å²) in [5.74, 6) is 0.945. The second-order valence-corrected chi connectivity index (χ2v) is 5.85. The van der Waals surface area contributed by atoms with E-state index in [4.69, 9.17) is 4.74 Å². The number of nitrogens with one attached hydrogen (secondary N) is 2. The number of likely N-dealkylation sites (tertiary alicyclic amines) is 1. The van der Waals surface area contributed by atoms with Crippen molar-refractivity contribution in [2.45, 2.75) is 37.9 Å². The summed E-state index contributed by atoms with van der Waals surface area (Å²) >= 11 is 0. The highest BCUT2D eigenvalue weighted by Crippen LogP contribution is 2.30. The number of carbonyl (C=O) groups excluding carboxylic acids is 2. The van der Waals surface area contributed by atoms with Crippen LogP contribution in [-0.2, 0) is 11.3 Å². The number of hydrogen-bond donors (Lipinski definition) is 2. The summed E-state index contributed by atoms with van der Waals surface area (Å²) in [6.45, 7) is 1.09. The van der Waals surface area contributed by atoms with E-state index in [0.29, 0.717) is 25.6 Å². The van der Waals surface area contributed by atoms with E-state index in [1.54, 1.807) is 7.11 Å². The molecule has 1 heterocycles. The minimum Gasteiger partial charge on any atom is -0.497 e. The third kappa shape index (κ3) is 3.50. The lowest BCUT2D eigenvalue weighted by molar-refractivity contribution is -0.128. The Morgan fingerprint density at radius 3 is 2.68 bits per heavy atom. The molecule has 0 unspecified atom stereocenters. The Balaban J connectivity index is 1.43. The first-order valence-electron chi connectivity index (χ1n) is 7.62. The van der Waals surface area contributed by atoms with Crippen LogP contribution in [0.5, 0.6) is 5.75 Å². The SMILES string of the molecule is COc1ccc(CNC(=O)N[C@@H]2CC(=O)N(C3CC3)C2)cc1. The van der Waals surface area contributed by atoms with Gasteiger partial charge in [-0.15, -0.1) is 0 Å². The predicted molar refractivity (Wildman–Crippen MR) is 81.5 cm³/mol. The van der Waals surface area contributed by atoms with Crippen molar-refractivity contribution < 1.29 is 14.3 Å². The Bertz CT molecular complexity index is 554. The van der Waals surface area contributed by atoms with Gasteiger partial charge in [-0.1, -0.05) is 12.1 Å². The number of carbonyl (C=O) groups is 2. The van der Waals surface area contributed by atoms with Crippen LogP contribution in [0.15, 0.2) is 24.3 Å². The summed E-state index contributed by atoms with van der Waals surface area (Å²) in [6.07, 6.45) is 2.61. The highest BCUT2D eigenvalue weighted by molar-refractivity contribution is 5.82. The molecule has 2 aliphatic rings. The van der Waals surface area contributed by atoms with Gasteiger partial charge in [-0.2, -0.15) is 0 Å². The highest BCUT2D eigenvalue weighted by Gasteiger charge is 2.39. The lowest BCUT2D eigenvalue weighted by Crippen LogP contribution is -2.43. The molecule has 118 valence electrons. The van der Waals surface area contributed by atoms with E-state index in [1.807, 2.05) is 29.2 Å². The Hall–Kier alpha value is -2.24. The molecule has 0 bridgehead atoms. The van der Waals surface area contributed by atoms with Gasteiger partial charge < -0.3 is 20.3 Å². The Kier molecular flexibility index (Phi) is 4.18. The number of amides is 3. The van der Waals surface area contributed by atoms with Crippen LogP contribution >= 0.6 is 0 Å². The summed E-state index contributed by atoms with van der Waals surface area (Å²) in [5.41, 5.74) is 0.998. The maximum atomic E-state index is 11.9. The molecule has 1 aromatic carbocycles. The van der Waals surface area contributed by atoms with Crippen molar-refractivity contribution in [1.29, 1.82) is 0 Å². The van der Waals surface area contributed by atoms with Crippen molar-refractivity contribution in [3.8, 4) is 5.75 Å². The lowest BCUT2D eigenvalue weighted by atomic mass is 10.2. The molecular weight excluding hydrogens is 282 g/mol. The molecule has 1 saturated carbocycles. The van der Waals surface area contributed by atoms with Crippen molar-refractivity contribution in [1.82, 2.24) is 15.5 Å². The fourth-order valence-corrected chi connectivity index (χ4v) is 2.73. The van der Waals surface area contributed by atoms with Gasteiger partial charge in [-0.25, -0.2) is 4.79 Å². The zero-order chi connectivity index (χ0) is 15.5. The quantitative estimate of drug-likeness (QED) is 0.860. The molecule has 1 aliphatic heterocycles. The average molecular weight is 303 g/mol. The van der Waals surface area contributed by atoms with Crippen molar-refractivity contribution in [2.24, 2.45) is 0 Å². The first kappa shape index (κ1) is 14.7. The number of nitrogens with zero attached hydrogens (tertiary/aromatic N) is 1. The van der Waals surface area contributed by atoms with Gasteiger partial charge in [0.25, 0.3) is 0 Å². The number of rotatable bonds is 5. The van der Waals surface area contributed by atoms with E-state index in [9.17, 15) is 9.59 Å². The average Bonchev–Trinajstić information content (AvgIpc) is 3.30. The smallest absolute Gasteiger partial charge is 0.315 e. The minimum atomic E-state index is -0.230. The van der Waals surface area contributed by atoms with Crippen molar-refractivity contribution in [3.63, 3.8) is 0 Å². The van der Waals surface area contributed by atoms with E-state index in [1.165, 1.54) is 0 Å². The molecule has 2 N–H and O–H groups in total. The van der Waals surface area contributed by atoms with E-state index in [2.05, 4.69) is 10.6 Å². The molecule has 3 amide bonds. The zero-order valence-electron chi connectivity index (χ0n) is 12.7. The van der Waals surface area contributed by atoms with E-state index in [0.717, 1.165) is 24.2 Å². The fraction of sp³-hybridized carbons (Fsp3) is 0.500. The molecule has 6 nitrogen and oxygen atoms in total. The molecule has 22 heavy (non-hydrogen) atoms. The molecule has 0 radical (unpaired) electrons. The first-order chi connectivity index (χ1) is 10.7. The summed E-state index contributed by atoms with van der Waals surface area (Å²) < 4.78 is 5.09. The van der Waals surface area contributed by atoms with Crippen molar-refractivity contribution in [3.05, 3.63) is 29.8 Å². The Morgan fingerprint density at radius 1 is 1.32 bits per heavy atom. The van der Waals surface area contributed by atoms with Gasteiger partial charge in [-0.05, 0) is 30.5 Å². The number of methoxy groups -OCH3 is 1. The Morgan fingerprint density at radius 2 is 2.05 bits per heavy atom. The fourth-order valence-electron chi connectivity index (χ4n) is 2.73. The van der Waals surface area contributed by atoms with Gasteiger partial charge >= 0.3 is 6.03 Å². The predicted octanol–water partition coefficient (Wildman–Crippen LogP) is 1.26. The van der Waals surface area contributed by atoms with Crippen LogP contribution in [0.2, 0.25) is 0 Å². The van der Waals surface area contributed by atoms with Crippen LogP contribution in [0.25, 0.3) is 0 Å². The van der Waals surface area contributed by atoms with Crippen LogP contribution in [-0.4, -0.2) is 42.6 Å². The molecule has 0 spiro atoms. The molecule has 1 aliphatic carbocycles. The van der Waals surface area contributed by atoms with Gasteiger partial charge in [0.15, 0.2) is 0 Å². The van der Waals surface area contributed by atoms with Gasteiger partial charge in [0.1, 0.15) is 5.75 Å². The van der Waals surface area contributed by atoms with Crippen LogP contribution in [0.3, 0.4) is 0 Å². The number of ether oxygens (including phenoxy) is 1. The lowest BCUT2D eigenvalue weighted by Gasteiger charge is -2.16. The molecule has 3 rings (SSSR count). The summed E-state index contributed by atoms with van der Waals surface area (Å²) in [7, 11) is 1.62. The van der Waals surface area contributed by atoms with Gasteiger partial charge in [-0.3, -0.25) is 4.79 Å². The van der Waals surface area contributed by atoms with E-state index < -0.39 is 0 Å². The molecule has 1 saturated heterocycles. The third-order valence-electron chi connectivity index (χ3n) is 4.09. The summed E-state index contributed by atoms with van der Waals surface area (Å²) in [5, 5.41) is 5.69. The molecule has 1 aromatic rings. The van der Waals surface area contributed by atoms with Crippen LogP contribution in [0.4, 0.5) is 4.79 Å². The molecule has 2 fully saturated rings. The molecule has 1 atom stereocenters. The maximum Gasteiger partial charge on any atom is 0.315 e. The molecule has 6 heteroatoms. The van der Waals surface area contributed by atoms with E-state index in [-0.39, 0.29) is 18.0 Å². The number of hydrogen-bond acceptors (Lipinski definition) is 3. The van der Waals surface area contributed by atoms with E-state index >= 15 is 0 Å². The highest BCUT2D eigenvalue weighted by atomic mass is 16.5. The Labute approximate surface area is 129 Å². The van der Waals surface area contributed by atoms with Crippen LogP contribution in [0.1, 0.15) is 24.8 Å². The maximum absolute atomic E-state index is 11.9. The van der Waals surface area contributed by atoms with Crippen LogP contribution in [0, 0.1) is 0 Å². The van der Waals surface area contributed by atoms with Gasteiger partial charge in [0, 0.05) is 25.6 Å². The topological polar surface area (TPSA) is 70.7 Å². The molecule has 0 aromatic heterocycles. The number of benzene rings is 1. The van der Waals surface area contributed by atoms with Crippen LogP contribution < -0.4 is 15.4 Å². The zero-order valence-corrected chi connectivity index (χ0v) is 12.7. The first-order valence-corrected chi connectivity index (χ1v) is 7.62. The second-order valence-electron chi connectivity index (χ2n) is 5.85. The molecular formula is C16H21N3O3. The minimum absolute atomic E-state index is 0.0797. The normalized spacial score (nSPS) is 20.9. The van der Waals surface area contributed by atoms with Gasteiger partial charge in [0.2, 0.25) is 5.91 Å². The van der Waals surface area contributed by atoms with Gasteiger partial charge in [0.05, 0.1) is 13.2 Å². The number of urea groups is 1. The summed E-state index contributed by atoms with van der Waals surface area (Å²) in [6, 6.07) is 7.65. The third-order valence-corrected chi connectivity index (χ3v) is 4.09. The standard InChI is InChI=1S/C16H21N3O3/c1-22-14-6-2-11(3-7-14)9-17-16(21)18-12-8-15(20)19(10-12)13-4-5-13/h2-3,6-7,12-13H,4-5,8-10H2,1H3,(H2,17,18,21)/t12-/m1/s1. The largest absolute Gasteiger partial charge is 0.497 e.